The molecule has 0 spiro atoms. The van der Waals surface area contributed by atoms with Gasteiger partial charge in [0.2, 0.25) is 5.91 Å². The number of anilines is 1. The van der Waals surface area contributed by atoms with Gasteiger partial charge in [0.05, 0.1) is 5.69 Å². The monoisotopic (exact) mass is 352 g/mol. The molecule has 126 valence electrons. The zero-order valence-corrected chi connectivity index (χ0v) is 14.7. The van der Waals surface area contributed by atoms with Gasteiger partial charge in [-0.3, -0.25) is 9.69 Å². The highest BCUT2D eigenvalue weighted by Crippen LogP contribution is 2.30. The zero-order chi connectivity index (χ0) is 18.0. The van der Waals surface area contributed by atoms with Crippen LogP contribution in [0.3, 0.4) is 0 Å². The van der Waals surface area contributed by atoms with E-state index in [9.17, 15) is 10.1 Å². The predicted octanol–water partition coefficient (Wildman–Crippen LogP) is 2.66. The van der Waals surface area contributed by atoms with Crippen molar-refractivity contribution in [2.45, 2.75) is 38.8 Å². The number of rotatable bonds is 3. The molecule has 8 heteroatoms. The molecule has 1 amide bonds. The van der Waals surface area contributed by atoms with E-state index in [2.05, 4.69) is 21.5 Å². The van der Waals surface area contributed by atoms with Gasteiger partial charge in [-0.1, -0.05) is 6.07 Å². The molecule has 0 aromatic carbocycles. The largest absolute Gasteiger partial charge is 0.300 e. The van der Waals surface area contributed by atoms with Crippen molar-refractivity contribution in [3.8, 4) is 23.7 Å². The minimum atomic E-state index is -0.451. The number of carbonyl (C=O) groups excluding carboxylic acids is 1. The van der Waals surface area contributed by atoms with Crippen molar-refractivity contribution < 1.29 is 4.79 Å². The van der Waals surface area contributed by atoms with Gasteiger partial charge in [-0.2, -0.15) is 10.5 Å². The summed E-state index contributed by atoms with van der Waals surface area (Å²) in [7, 11) is 0. The summed E-state index contributed by atoms with van der Waals surface area (Å²) in [6.45, 7) is 3.83. The number of thiazole rings is 1. The third kappa shape index (κ3) is 3.30. The van der Waals surface area contributed by atoms with E-state index in [1.54, 1.807) is 18.2 Å². The Labute approximate surface area is 149 Å². The molecule has 0 radical (unpaired) electrons. The highest BCUT2D eigenvalue weighted by molar-refractivity contribution is 7.16. The summed E-state index contributed by atoms with van der Waals surface area (Å²) in [4.78, 5) is 23.6. The van der Waals surface area contributed by atoms with Crippen LogP contribution in [0.2, 0.25) is 0 Å². The van der Waals surface area contributed by atoms with Crippen molar-refractivity contribution in [3.63, 3.8) is 0 Å². The van der Waals surface area contributed by atoms with Crippen LogP contribution in [0.1, 0.15) is 30.3 Å². The van der Waals surface area contributed by atoms with Gasteiger partial charge in [-0.25, -0.2) is 9.97 Å². The second-order valence-electron chi connectivity index (χ2n) is 5.88. The summed E-state index contributed by atoms with van der Waals surface area (Å²) in [5.41, 5.74) is 1.57. The van der Waals surface area contributed by atoms with Crippen LogP contribution in [0.15, 0.2) is 18.2 Å². The smallest absolute Gasteiger partial charge is 0.249 e. The molecule has 1 N–H and O–H groups in total. The quantitative estimate of drug-likeness (QED) is 0.851. The van der Waals surface area contributed by atoms with Crippen molar-refractivity contribution in [2.75, 3.05) is 5.32 Å². The highest BCUT2D eigenvalue weighted by atomic mass is 32.1. The molecule has 0 bridgehead atoms. The summed E-state index contributed by atoms with van der Waals surface area (Å²) >= 11 is 1.35. The molecule has 2 aromatic rings. The van der Waals surface area contributed by atoms with E-state index in [1.165, 1.54) is 16.2 Å². The first-order valence-electron chi connectivity index (χ1n) is 7.87. The van der Waals surface area contributed by atoms with Gasteiger partial charge in [0, 0.05) is 10.9 Å². The van der Waals surface area contributed by atoms with Crippen LogP contribution in [-0.4, -0.2) is 32.9 Å². The Balaban J connectivity index is 1.80. The molecule has 1 aliphatic heterocycles. The van der Waals surface area contributed by atoms with E-state index in [-0.39, 0.29) is 11.9 Å². The predicted molar refractivity (Wildman–Crippen MR) is 93.4 cm³/mol. The second kappa shape index (κ2) is 6.88. The molecule has 2 atom stereocenters. The summed E-state index contributed by atoms with van der Waals surface area (Å²) in [6, 6.07) is 6.80. The molecular formula is C17H16N6OS. The molecule has 0 aliphatic carbocycles. The van der Waals surface area contributed by atoms with E-state index in [1.807, 2.05) is 19.9 Å². The van der Waals surface area contributed by atoms with Gasteiger partial charge in [0.25, 0.3) is 0 Å². The molecule has 1 fully saturated rings. The topological polar surface area (TPSA) is 106 Å². The van der Waals surface area contributed by atoms with E-state index in [4.69, 9.17) is 5.26 Å². The Morgan fingerprint density at radius 1 is 1.36 bits per heavy atom. The number of nitriles is 2. The number of nitrogens with zero attached hydrogens (tertiary/aromatic N) is 5. The number of hydrogen-bond donors (Lipinski definition) is 1. The molecular weight excluding hydrogens is 336 g/mol. The molecule has 25 heavy (non-hydrogen) atoms. The number of aryl methyl sites for hydroxylation is 1. The van der Waals surface area contributed by atoms with Gasteiger partial charge >= 0.3 is 0 Å². The van der Waals surface area contributed by atoms with E-state index in [0.717, 1.165) is 11.3 Å². The Morgan fingerprint density at radius 2 is 2.16 bits per heavy atom. The molecule has 3 rings (SSSR count). The molecule has 0 saturated carbocycles. The first-order chi connectivity index (χ1) is 12.0. The minimum absolute atomic E-state index is 0.0762. The minimum Gasteiger partial charge on any atom is -0.300 e. The van der Waals surface area contributed by atoms with E-state index < -0.39 is 6.04 Å². The molecule has 3 heterocycles. The number of aromatic nitrogens is 2. The van der Waals surface area contributed by atoms with E-state index in [0.29, 0.717) is 28.6 Å². The van der Waals surface area contributed by atoms with Crippen LogP contribution >= 0.6 is 11.3 Å². The fraction of sp³-hybridized carbons (Fsp3) is 0.353. The summed E-state index contributed by atoms with van der Waals surface area (Å²) in [6.07, 6.45) is 3.57. The maximum absolute atomic E-state index is 12.5. The van der Waals surface area contributed by atoms with Crippen LogP contribution in [-0.2, 0) is 4.79 Å². The summed E-state index contributed by atoms with van der Waals surface area (Å²) in [5.74, 6) is -0.218. The maximum Gasteiger partial charge on any atom is 0.249 e. The Kier molecular flexibility index (Phi) is 4.64. The van der Waals surface area contributed by atoms with E-state index >= 15 is 0 Å². The van der Waals surface area contributed by atoms with Crippen LogP contribution in [0.4, 0.5) is 5.13 Å². The van der Waals surface area contributed by atoms with Crippen molar-refractivity contribution >= 4 is 22.4 Å². The standard InChI is InChI=1S/C17H16N6OS/c1-10-6-7-14(23(10)9-19)16(24)22-17-21-15(11(2)25-17)13-5-3-4-12(8-18)20-13/h3-5,10,14H,6-7H2,1-2H3,(H,21,22,24)/t10?,14-/m0/s1. The number of carbonyl (C=O) groups is 1. The van der Waals surface area contributed by atoms with Gasteiger partial charge in [0.15, 0.2) is 11.3 Å². The first kappa shape index (κ1) is 16.9. The van der Waals surface area contributed by atoms with Crippen LogP contribution in [0, 0.1) is 29.7 Å². The third-order valence-electron chi connectivity index (χ3n) is 4.22. The van der Waals surface area contributed by atoms with Crippen molar-refractivity contribution in [3.05, 3.63) is 28.8 Å². The lowest BCUT2D eigenvalue weighted by Crippen LogP contribution is -2.39. The fourth-order valence-electron chi connectivity index (χ4n) is 2.92. The SMILES string of the molecule is Cc1sc(NC(=O)[C@@H]2CCC(C)N2C#N)nc1-c1cccc(C#N)n1. The second-order valence-corrected chi connectivity index (χ2v) is 7.09. The number of pyridine rings is 1. The van der Waals surface area contributed by atoms with Crippen LogP contribution in [0.5, 0.6) is 0 Å². The van der Waals surface area contributed by atoms with Crippen molar-refractivity contribution in [2.24, 2.45) is 0 Å². The lowest BCUT2D eigenvalue weighted by molar-refractivity contribution is -0.119. The van der Waals surface area contributed by atoms with Crippen molar-refractivity contribution in [1.82, 2.24) is 14.9 Å². The van der Waals surface area contributed by atoms with Crippen LogP contribution < -0.4 is 5.32 Å². The number of amides is 1. The number of likely N-dealkylation sites (tertiary alicyclic amines) is 1. The van der Waals surface area contributed by atoms with Gasteiger partial charge in [-0.15, -0.1) is 11.3 Å². The first-order valence-corrected chi connectivity index (χ1v) is 8.69. The van der Waals surface area contributed by atoms with Gasteiger partial charge in [0.1, 0.15) is 23.5 Å². The lowest BCUT2D eigenvalue weighted by atomic mass is 10.2. The molecule has 7 nitrogen and oxygen atoms in total. The average molecular weight is 352 g/mol. The molecule has 1 aliphatic rings. The number of hydrogen-bond acceptors (Lipinski definition) is 7. The Bertz CT molecular complexity index is 893. The molecule has 2 aromatic heterocycles. The summed E-state index contributed by atoms with van der Waals surface area (Å²) < 4.78 is 0. The van der Waals surface area contributed by atoms with Gasteiger partial charge < -0.3 is 5.32 Å². The normalized spacial score (nSPS) is 19.3. The maximum atomic E-state index is 12.5. The Morgan fingerprint density at radius 3 is 2.88 bits per heavy atom. The number of nitrogens with one attached hydrogen (secondary N) is 1. The zero-order valence-electron chi connectivity index (χ0n) is 13.9. The van der Waals surface area contributed by atoms with Crippen molar-refractivity contribution in [1.29, 1.82) is 10.5 Å². The van der Waals surface area contributed by atoms with Crippen LogP contribution in [0.25, 0.3) is 11.4 Å². The Hall–Kier alpha value is -2.97. The molecule has 1 unspecified atom stereocenters. The molecule has 1 saturated heterocycles. The fourth-order valence-corrected chi connectivity index (χ4v) is 3.74. The lowest BCUT2D eigenvalue weighted by Gasteiger charge is -2.20. The average Bonchev–Trinajstić information content (AvgIpc) is 3.17. The third-order valence-corrected chi connectivity index (χ3v) is 5.11. The highest BCUT2D eigenvalue weighted by Gasteiger charge is 2.35. The summed E-state index contributed by atoms with van der Waals surface area (Å²) in [5, 5.41) is 21.5. The van der Waals surface area contributed by atoms with Gasteiger partial charge in [-0.05, 0) is 38.8 Å².